The van der Waals surface area contributed by atoms with Gasteiger partial charge in [0.1, 0.15) is 5.75 Å². The maximum Gasteiger partial charge on any atom is 0.315 e. The van der Waals surface area contributed by atoms with Crippen molar-refractivity contribution in [2.24, 2.45) is 17.8 Å². The van der Waals surface area contributed by atoms with Crippen LogP contribution in [0, 0.1) is 24.7 Å². The molecule has 3 unspecified atom stereocenters. The average Bonchev–Trinajstić information content (AvgIpc) is 3.31. The molecule has 3 nitrogen and oxygen atoms in total. The highest BCUT2D eigenvalue weighted by Gasteiger charge is 2.53. The molecule has 1 saturated carbocycles. The fourth-order valence-electron chi connectivity index (χ4n) is 4.24. The van der Waals surface area contributed by atoms with Crippen LogP contribution in [-0.4, -0.2) is 12.6 Å². The third-order valence-electron chi connectivity index (χ3n) is 6.31. The summed E-state index contributed by atoms with van der Waals surface area (Å²) in [6.07, 6.45) is 0. The first-order chi connectivity index (χ1) is 14.4. The second kappa shape index (κ2) is 8.78. The van der Waals surface area contributed by atoms with Crippen LogP contribution < -0.4 is 4.74 Å². The number of carbonyl (C=O) groups is 1. The first-order valence-corrected chi connectivity index (χ1v) is 11.4. The van der Waals surface area contributed by atoms with Crippen molar-refractivity contribution in [3.05, 3.63) is 64.7 Å². The Kier molecular flexibility index (Phi) is 6.67. The fourth-order valence-corrected chi connectivity index (χ4v) is 4.24. The first kappa shape index (κ1) is 23.5. The molecule has 168 valence electrons. The van der Waals surface area contributed by atoms with Crippen molar-refractivity contribution in [2.45, 2.75) is 72.8 Å². The minimum atomic E-state index is -0.124. The molecule has 0 saturated heterocycles. The van der Waals surface area contributed by atoms with Crippen molar-refractivity contribution >= 4 is 5.97 Å². The maximum atomic E-state index is 13.2. The van der Waals surface area contributed by atoms with Gasteiger partial charge in [-0.05, 0) is 35.2 Å². The Balaban J connectivity index is 1.74. The zero-order valence-corrected chi connectivity index (χ0v) is 20.4. The van der Waals surface area contributed by atoms with Crippen LogP contribution in [0.3, 0.4) is 0 Å². The van der Waals surface area contributed by atoms with E-state index >= 15 is 0 Å². The van der Waals surface area contributed by atoms with Gasteiger partial charge < -0.3 is 9.47 Å². The Labute approximate surface area is 188 Å². The number of carbonyl (C=O) groups excluding carboxylic acids is 1. The van der Waals surface area contributed by atoms with Gasteiger partial charge >= 0.3 is 5.97 Å². The van der Waals surface area contributed by atoms with E-state index in [-0.39, 0.29) is 34.6 Å². The Bertz CT molecular complexity index is 881. The number of hydrogen-bond donors (Lipinski definition) is 0. The average molecular weight is 423 g/mol. The molecule has 0 N–H and O–H groups in total. The summed E-state index contributed by atoms with van der Waals surface area (Å²) in [5, 5.41) is 0. The van der Waals surface area contributed by atoms with Crippen LogP contribution in [0.4, 0.5) is 0 Å². The summed E-state index contributed by atoms with van der Waals surface area (Å²) >= 11 is 0. The van der Waals surface area contributed by atoms with E-state index in [1.54, 1.807) is 0 Å². The summed E-state index contributed by atoms with van der Waals surface area (Å²) < 4.78 is 12.1. The lowest BCUT2D eigenvalue weighted by Gasteiger charge is -2.30. The molecule has 3 rings (SSSR count). The third kappa shape index (κ3) is 5.57. The highest BCUT2D eigenvalue weighted by atomic mass is 16.5. The molecule has 0 aromatic heterocycles. The summed E-state index contributed by atoms with van der Waals surface area (Å²) in [5.41, 5.74) is 4.30. The second-order valence-corrected chi connectivity index (χ2v) is 11.2. The van der Waals surface area contributed by atoms with Crippen LogP contribution in [0.1, 0.15) is 70.7 Å². The minimum Gasteiger partial charge on any atom is -0.426 e. The quantitative estimate of drug-likeness (QED) is 0.389. The largest absolute Gasteiger partial charge is 0.426 e. The molecule has 0 radical (unpaired) electrons. The van der Waals surface area contributed by atoms with E-state index in [9.17, 15) is 4.79 Å². The normalized spacial score (nSPS) is 21.1. The molecular weight excluding hydrogens is 384 g/mol. The smallest absolute Gasteiger partial charge is 0.315 e. The van der Waals surface area contributed by atoms with E-state index in [1.165, 1.54) is 5.56 Å². The molecule has 3 heteroatoms. The molecule has 1 fully saturated rings. The summed E-state index contributed by atoms with van der Waals surface area (Å²) in [6, 6.07) is 14.5. The van der Waals surface area contributed by atoms with E-state index in [0.29, 0.717) is 13.2 Å². The lowest BCUT2D eigenvalue weighted by atomic mass is 9.78. The van der Waals surface area contributed by atoms with Crippen LogP contribution in [0.2, 0.25) is 0 Å². The van der Waals surface area contributed by atoms with Crippen LogP contribution in [0.5, 0.6) is 5.75 Å². The van der Waals surface area contributed by atoms with E-state index in [1.807, 2.05) is 18.2 Å². The topological polar surface area (TPSA) is 35.5 Å². The highest BCUT2D eigenvalue weighted by Crippen LogP contribution is 2.48. The lowest BCUT2D eigenvalue weighted by molar-refractivity contribution is -0.136. The molecule has 3 atom stereocenters. The number of benzene rings is 2. The standard InChI is InChI=1S/C28H38O3/c1-18-14-22(27(3,4)5)25(23(15-18)28(6,7)8)31-26(29)24-19(2)21(24)17-30-16-20-12-10-9-11-13-20/h9-15,19,21,24H,16-17H2,1-8H3. The second-order valence-electron chi connectivity index (χ2n) is 11.2. The number of ether oxygens (including phenoxy) is 2. The number of esters is 1. The van der Waals surface area contributed by atoms with Crippen LogP contribution in [0.15, 0.2) is 42.5 Å². The molecule has 31 heavy (non-hydrogen) atoms. The first-order valence-electron chi connectivity index (χ1n) is 11.4. The van der Waals surface area contributed by atoms with Crippen LogP contribution in [-0.2, 0) is 27.0 Å². The summed E-state index contributed by atoms with van der Waals surface area (Å²) in [6.45, 7) is 18.4. The van der Waals surface area contributed by atoms with Crippen molar-refractivity contribution in [1.82, 2.24) is 0 Å². The molecule has 1 aliphatic rings. The predicted molar refractivity (Wildman–Crippen MR) is 126 cm³/mol. The van der Waals surface area contributed by atoms with Gasteiger partial charge in [-0.25, -0.2) is 0 Å². The number of hydrogen-bond acceptors (Lipinski definition) is 3. The van der Waals surface area contributed by atoms with Crippen LogP contribution >= 0.6 is 0 Å². The number of rotatable bonds is 6. The van der Waals surface area contributed by atoms with Gasteiger partial charge in [0.25, 0.3) is 0 Å². The summed E-state index contributed by atoms with van der Waals surface area (Å²) in [5.74, 6) is 1.03. The SMILES string of the molecule is Cc1cc(C(C)(C)C)c(OC(=O)C2C(C)C2COCc2ccccc2)c(C(C)(C)C)c1. The van der Waals surface area contributed by atoms with Crippen molar-refractivity contribution in [3.63, 3.8) is 0 Å². The van der Waals surface area contributed by atoms with Gasteiger partial charge in [-0.3, -0.25) is 4.79 Å². The predicted octanol–water partition coefficient (Wildman–Crippen LogP) is 6.59. The van der Waals surface area contributed by atoms with Gasteiger partial charge in [0, 0.05) is 11.1 Å². The Hall–Kier alpha value is -2.13. The Morgan fingerprint density at radius 2 is 1.48 bits per heavy atom. The Morgan fingerprint density at radius 3 is 2.00 bits per heavy atom. The molecule has 0 spiro atoms. The van der Waals surface area contributed by atoms with E-state index in [2.05, 4.69) is 79.7 Å². The zero-order valence-electron chi connectivity index (χ0n) is 20.4. The van der Waals surface area contributed by atoms with Gasteiger partial charge in [0.2, 0.25) is 0 Å². The van der Waals surface area contributed by atoms with Crippen molar-refractivity contribution < 1.29 is 14.3 Å². The van der Waals surface area contributed by atoms with Gasteiger partial charge in [-0.15, -0.1) is 0 Å². The van der Waals surface area contributed by atoms with Crippen molar-refractivity contribution in [2.75, 3.05) is 6.61 Å². The van der Waals surface area contributed by atoms with E-state index < -0.39 is 0 Å². The van der Waals surface area contributed by atoms with E-state index in [0.717, 1.165) is 22.4 Å². The monoisotopic (exact) mass is 422 g/mol. The van der Waals surface area contributed by atoms with Gasteiger partial charge in [0.15, 0.2) is 0 Å². The van der Waals surface area contributed by atoms with Crippen LogP contribution in [0.25, 0.3) is 0 Å². The fraction of sp³-hybridized carbons (Fsp3) is 0.536. The summed E-state index contributed by atoms with van der Waals surface area (Å²) in [7, 11) is 0. The molecule has 0 heterocycles. The summed E-state index contributed by atoms with van der Waals surface area (Å²) in [4.78, 5) is 13.2. The zero-order chi connectivity index (χ0) is 23.0. The third-order valence-corrected chi connectivity index (χ3v) is 6.31. The minimum absolute atomic E-state index is 0.0993. The van der Waals surface area contributed by atoms with Gasteiger partial charge in [0.05, 0.1) is 19.1 Å². The van der Waals surface area contributed by atoms with Crippen molar-refractivity contribution in [1.29, 1.82) is 0 Å². The molecule has 0 bridgehead atoms. The van der Waals surface area contributed by atoms with Crippen molar-refractivity contribution in [3.8, 4) is 5.75 Å². The van der Waals surface area contributed by atoms with Gasteiger partial charge in [-0.2, -0.15) is 0 Å². The molecule has 0 aliphatic heterocycles. The van der Waals surface area contributed by atoms with E-state index in [4.69, 9.17) is 9.47 Å². The van der Waals surface area contributed by atoms with Gasteiger partial charge in [-0.1, -0.05) is 96.5 Å². The number of aryl methyl sites for hydroxylation is 1. The molecule has 2 aromatic carbocycles. The molecular formula is C28H38O3. The molecule has 2 aromatic rings. The highest BCUT2D eigenvalue weighted by molar-refractivity contribution is 5.80. The maximum absolute atomic E-state index is 13.2. The lowest BCUT2D eigenvalue weighted by Crippen LogP contribution is -2.23. The molecule has 1 aliphatic carbocycles. The molecule has 0 amide bonds. The Morgan fingerprint density at radius 1 is 0.935 bits per heavy atom.